The SMILES string of the molecule is CCCCc1ccc(-c2ccc(-c3cc(F)c4c(F)c(F)c(F)cc4c3)cc2)cc1. The summed E-state index contributed by atoms with van der Waals surface area (Å²) >= 11 is 0. The van der Waals surface area contributed by atoms with Crippen LogP contribution in [0.4, 0.5) is 17.6 Å². The second-order valence-electron chi connectivity index (χ2n) is 7.42. The highest BCUT2D eigenvalue weighted by Crippen LogP contribution is 2.32. The van der Waals surface area contributed by atoms with Gasteiger partial charge in [0.1, 0.15) is 5.82 Å². The van der Waals surface area contributed by atoms with Crippen LogP contribution >= 0.6 is 0 Å². The number of rotatable bonds is 5. The third kappa shape index (κ3) is 3.82. The van der Waals surface area contributed by atoms with Crippen LogP contribution in [0.25, 0.3) is 33.0 Å². The van der Waals surface area contributed by atoms with Gasteiger partial charge < -0.3 is 0 Å². The van der Waals surface area contributed by atoms with Gasteiger partial charge in [0.2, 0.25) is 0 Å². The van der Waals surface area contributed by atoms with Crippen LogP contribution in [-0.2, 0) is 6.42 Å². The summed E-state index contributed by atoms with van der Waals surface area (Å²) in [7, 11) is 0. The van der Waals surface area contributed by atoms with Crippen molar-refractivity contribution in [2.75, 3.05) is 0 Å². The maximum absolute atomic E-state index is 14.4. The predicted molar refractivity (Wildman–Crippen MR) is 113 cm³/mol. The number of hydrogen-bond donors (Lipinski definition) is 0. The van der Waals surface area contributed by atoms with Crippen LogP contribution in [0.1, 0.15) is 25.3 Å². The summed E-state index contributed by atoms with van der Waals surface area (Å²) in [6.45, 7) is 2.17. The van der Waals surface area contributed by atoms with Crippen molar-refractivity contribution in [3.8, 4) is 22.3 Å². The zero-order valence-electron chi connectivity index (χ0n) is 16.5. The molecule has 0 unspecified atom stereocenters. The Hall–Kier alpha value is -3.14. The van der Waals surface area contributed by atoms with Gasteiger partial charge in [0.05, 0.1) is 5.39 Å². The largest absolute Gasteiger partial charge is 0.206 e. The zero-order chi connectivity index (χ0) is 21.3. The van der Waals surface area contributed by atoms with E-state index in [0.29, 0.717) is 11.1 Å². The Morgan fingerprint density at radius 1 is 0.600 bits per heavy atom. The maximum atomic E-state index is 14.4. The zero-order valence-corrected chi connectivity index (χ0v) is 16.5. The fourth-order valence-electron chi connectivity index (χ4n) is 3.65. The average Bonchev–Trinajstić information content (AvgIpc) is 2.76. The molecule has 0 aromatic heterocycles. The van der Waals surface area contributed by atoms with E-state index >= 15 is 0 Å². The van der Waals surface area contributed by atoms with E-state index in [-0.39, 0.29) is 5.39 Å². The lowest BCUT2D eigenvalue weighted by Crippen LogP contribution is -1.95. The van der Waals surface area contributed by atoms with Crippen molar-refractivity contribution in [3.05, 3.63) is 95.6 Å². The smallest absolute Gasteiger partial charge is 0.195 e. The summed E-state index contributed by atoms with van der Waals surface area (Å²) < 4.78 is 55.4. The van der Waals surface area contributed by atoms with Gasteiger partial charge in [-0.2, -0.15) is 0 Å². The summed E-state index contributed by atoms with van der Waals surface area (Å²) in [4.78, 5) is 0. The van der Waals surface area contributed by atoms with Crippen LogP contribution in [0.3, 0.4) is 0 Å². The molecular formula is C26H20F4. The Morgan fingerprint density at radius 3 is 1.77 bits per heavy atom. The van der Waals surface area contributed by atoms with E-state index in [1.807, 2.05) is 24.3 Å². The third-order valence-electron chi connectivity index (χ3n) is 5.35. The standard InChI is InChI=1S/C26H20F4/c1-2-3-4-16-5-7-17(8-6-16)18-9-11-19(12-10-18)20-13-21-15-23(28)25(29)26(30)24(21)22(27)14-20/h5-15H,2-4H2,1H3. The molecule has 0 atom stereocenters. The summed E-state index contributed by atoms with van der Waals surface area (Å²) in [6, 6.07) is 19.3. The van der Waals surface area contributed by atoms with Gasteiger partial charge in [0.15, 0.2) is 17.5 Å². The van der Waals surface area contributed by atoms with Gasteiger partial charge in [0, 0.05) is 0 Å². The van der Waals surface area contributed by atoms with Crippen LogP contribution in [0.2, 0.25) is 0 Å². The second kappa shape index (κ2) is 8.31. The molecule has 152 valence electrons. The van der Waals surface area contributed by atoms with Gasteiger partial charge in [-0.3, -0.25) is 0 Å². The van der Waals surface area contributed by atoms with Gasteiger partial charge in [-0.15, -0.1) is 0 Å². The molecular weight excluding hydrogens is 388 g/mol. The molecule has 4 heteroatoms. The van der Waals surface area contributed by atoms with Crippen LogP contribution < -0.4 is 0 Å². The van der Waals surface area contributed by atoms with Crippen molar-refractivity contribution < 1.29 is 17.6 Å². The number of aryl methyl sites for hydroxylation is 1. The molecule has 0 N–H and O–H groups in total. The van der Waals surface area contributed by atoms with Crippen molar-refractivity contribution in [2.45, 2.75) is 26.2 Å². The molecule has 0 aliphatic rings. The highest BCUT2D eigenvalue weighted by molar-refractivity contribution is 5.89. The minimum Gasteiger partial charge on any atom is -0.206 e. The fourth-order valence-corrected chi connectivity index (χ4v) is 3.65. The van der Waals surface area contributed by atoms with Crippen molar-refractivity contribution in [3.63, 3.8) is 0 Å². The molecule has 0 spiro atoms. The van der Waals surface area contributed by atoms with Crippen LogP contribution in [0, 0.1) is 23.3 Å². The third-order valence-corrected chi connectivity index (χ3v) is 5.35. The molecule has 0 aliphatic carbocycles. The monoisotopic (exact) mass is 408 g/mol. The summed E-state index contributed by atoms with van der Waals surface area (Å²) in [6.07, 6.45) is 3.39. The van der Waals surface area contributed by atoms with E-state index in [0.717, 1.165) is 42.5 Å². The van der Waals surface area contributed by atoms with Gasteiger partial charge in [-0.25, -0.2) is 17.6 Å². The van der Waals surface area contributed by atoms with E-state index in [4.69, 9.17) is 0 Å². The molecule has 0 fully saturated rings. The second-order valence-corrected chi connectivity index (χ2v) is 7.42. The Balaban J connectivity index is 1.65. The van der Waals surface area contributed by atoms with E-state index in [1.54, 1.807) is 0 Å². The molecule has 0 saturated carbocycles. The molecule has 0 aliphatic heterocycles. The molecule has 0 saturated heterocycles. The lowest BCUT2D eigenvalue weighted by Gasteiger charge is -2.09. The molecule has 0 amide bonds. The van der Waals surface area contributed by atoms with Gasteiger partial charge >= 0.3 is 0 Å². The minimum absolute atomic E-state index is 0.0202. The summed E-state index contributed by atoms with van der Waals surface area (Å²) in [5.41, 5.74) is 4.56. The number of halogens is 4. The van der Waals surface area contributed by atoms with Crippen molar-refractivity contribution in [2.24, 2.45) is 0 Å². The number of benzene rings is 4. The molecule has 4 rings (SSSR count). The lowest BCUT2D eigenvalue weighted by atomic mass is 9.97. The fraction of sp³-hybridized carbons (Fsp3) is 0.154. The van der Waals surface area contributed by atoms with E-state index in [9.17, 15) is 17.6 Å². The average molecular weight is 408 g/mol. The first-order valence-corrected chi connectivity index (χ1v) is 9.94. The molecule has 0 heterocycles. The van der Waals surface area contributed by atoms with E-state index in [1.165, 1.54) is 11.6 Å². The van der Waals surface area contributed by atoms with Gasteiger partial charge in [0.25, 0.3) is 0 Å². The number of fused-ring (bicyclic) bond motifs is 1. The number of hydrogen-bond acceptors (Lipinski definition) is 0. The first-order valence-electron chi connectivity index (χ1n) is 9.94. The van der Waals surface area contributed by atoms with E-state index < -0.39 is 28.7 Å². The molecule has 4 aromatic rings. The lowest BCUT2D eigenvalue weighted by molar-refractivity contribution is 0.451. The minimum atomic E-state index is -1.67. The molecule has 0 nitrogen and oxygen atoms in total. The topological polar surface area (TPSA) is 0 Å². The summed E-state index contributed by atoms with van der Waals surface area (Å²) in [5.74, 6) is -5.44. The molecule has 4 aromatic carbocycles. The van der Waals surface area contributed by atoms with E-state index in [2.05, 4.69) is 31.2 Å². The molecule has 30 heavy (non-hydrogen) atoms. The van der Waals surface area contributed by atoms with Crippen LogP contribution in [0.5, 0.6) is 0 Å². The van der Waals surface area contributed by atoms with Gasteiger partial charge in [-0.05, 0) is 64.2 Å². The normalized spacial score (nSPS) is 11.2. The van der Waals surface area contributed by atoms with Crippen LogP contribution in [0.15, 0.2) is 66.7 Å². The summed E-state index contributed by atoms with van der Waals surface area (Å²) in [5, 5.41) is -0.564. The Bertz CT molecular complexity index is 1190. The number of unbranched alkanes of at least 4 members (excludes halogenated alkanes) is 1. The van der Waals surface area contributed by atoms with Crippen molar-refractivity contribution >= 4 is 10.8 Å². The quantitative estimate of drug-likeness (QED) is 0.231. The Labute approximate surface area is 172 Å². The maximum Gasteiger partial charge on any atom is 0.195 e. The highest BCUT2D eigenvalue weighted by Gasteiger charge is 2.18. The highest BCUT2D eigenvalue weighted by atomic mass is 19.2. The molecule has 0 bridgehead atoms. The Kier molecular flexibility index (Phi) is 5.58. The predicted octanol–water partition coefficient (Wildman–Crippen LogP) is 8.07. The Morgan fingerprint density at radius 2 is 1.17 bits per heavy atom. The van der Waals surface area contributed by atoms with Crippen molar-refractivity contribution in [1.29, 1.82) is 0 Å². The van der Waals surface area contributed by atoms with Crippen molar-refractivity contribution in [1.82, 2.24) is 0 Å². The van der Waals surface area contributed by atoms with Crippen LogP contribution in [-0.4, -0.2) is 0 Å². The first-order chi connectivity index (χ1) is 14.5. The first kappa shape index (κ1) is 20.1. The molecule has 0 radical (unpaired) electrons. The van der Waals surface area contributed by atoms with Gasteiger partial charge in [-0.1, -0.05) is 61.9 Å².